The Morgan fingerprint density at radius 1 is 1.60 bits per heavy atom. The van der Waals surface area contributed by atoms with Crippen LogP contribution >= 0.6 is 11.6 Å². The smallest absolute Gasteiger partial charge is 0.101 e. The van der Waals surface area contributed by atoms with Crippen LogP contribution in [0.15, 0.2) is 18.2 Å². The Labute approximate surface area is 94.9 Å². The highest BCUT2D eigenvalue weighted by atomic mass is 35.5. The highest BCUT2D eigenvalue weighted by molar-refractivity contribution is 6.30. The number of nitriles is 1. The monoisotopic (exact) mass is 218 g/mol. The van der Waals surface area contributed by atoms with E-state index in [1.807, 2.05) is 6.92 Å². The molecule has 0 fully saturated rings. The molecule has 1 rings (SSSR count). The minimum absolute atomic E-state index is 0.142. The molecule has 0 heterocycles. The van der Waals surface area contributed by atoms with Crippen molar-refractivity contribution < 1.29 is 0 Å². The third-order valence-corrected chi connectivity index (χ3v) is 2.16. The molecule has 0 aromatic heterocycles. The lowest BCUT2D eigenvalue weighted by Crippen LogP contribution is -2.14. The molecule has 1 aromatic carbocycles. The fraction of sp³-hybridized carbons (Fsp3) is 0.250. The van der Waals surface area contributed by atoms with Gasteiger partial charge in [0.25, 0.3) is 0 Å². The van der Waals surface area contributed by atoms with Gasteiger partial charge in [0.15, 0.2) is 0 Å². The van der Waals surface area contributed by atoms with Crippen molar-refractivity contribution in [3.63, 3.8) is 0 Å². The summed E-state index contributed by atoms with van der Waals surface area (Å²) >= 11 is 5.78. The first-order valence-electron chi connectivity index (χ1n) is 4.57. The van der Waals surface area contributed by atoms with E-state index in [2.05, 4.69) is 17.3 Å². The van der Waals surface area contributed by atoms with Crippen LogP contribution in [0.4, 0.5) is 5.69 Å². The van der Waals surface area contributed by atoms with E-state index in [0.717, 1.165) is 5.69 Å². The molecule has 1 unspecified atom stereocenters. The quantitative estimate of drug-likeness (QED) is 0.792. The predicted octanol–water partition coefficient (Wildman–Crippen LogP) is 3.04. The van der Waals surface area contributed by atoms with Crippen LogP contribution in [-0.2, 0) is 0 Å². The molecule has 1 N–H and O–H groups in total. The maximum atomic E-state index is 8.90. The van der Waals surface area contributed by atoms with Crippen molar-refractivity contribution >= 4 is 17.3 Å². The van der Waals surface area contributed by atoms with Crippen molar-refractivity contribution in [1.82, 2.24) is 0 Å². The van der Waals surface area contributed by atoms with Gasteiger partial charge < -0.3 is 5.32 Å². The highest BCUT2D eigenvalue weighted by Crippen LogP contribution is 2.20. The summed E-state index contributed by atoms with van der Waals surface area (Å²) in [6.45, 7) is 1.97. The molecule has 0 radical (unpaired) electrons. The summed E-state index contributed by atoms with van der Waals surface area (Å²) in [5, 5.41) is 12.6. The lowest BCUT2D eigenvalue weighted by atomic mass is 10.1. The molecule has 2 nitrogen and oxygen atoms in total. The number of terminal acetylenes is 1. The predicted molar refractivity (Wildman–Crippen MR) is 62.7 cm³/mol. The Morgan fingerprint density at radius 3 is 2.93 bits per heavy atom. The van der Waals surface area contributed by atoms with E-state index < -0.39 is 0 Å². The lowest BCUT2D eigenvalue weighted by molar-refractivity contribution is 0.828. The van der Waals surface area contributed by atoms with Gasteiger partial charge in [-0.25, -0.2) is 0 Å². The summed E-state index contributed by atoms with van der Waals surface area (Å²) in [4.78, 5) is 0. The second kappa shape index (κ2) is 5.29. The minimum atomic E-state index is 0.142. The molecule has 0 bridgehead atoms. The third kappa shape index (κ3) is 3.20. The van der Waals surface area contributed by atoms with Crippen LogP contribution in [0.2, 0.25) is 5.02 Å². The van der Waals surface area contributed by atoms with Gasteiger partial charge in [-0.2, -0.15) is 5.26 Å². The number of hydrogen-bond donors (Lipinski definition) is 1. The topological polar surface area (TPSA) is 35.8 Å². The Hall–Kier alpha value is -1.64. The van der Waals surface area contributed by atoms with Crippen molar-refractivity contribution in [2.75, 3.05) is 5.32 Å². The van der Waals surface area contributed by atoms with E-state index in [1.54, 1.807) is 18.2 Å². The van der Waals surface area contributed by atoms with Gasteiger partial charge in [-0.1, -0.05) is 11.6 Å². The Balaban J connectivity index is 2.87. The van der Waals surface area contributed by atoms with Crippen molar-refractivity contribution in [3.8, 4) is 18.4 Å². The van der Waals surface area contributed by atoms with Crippen LogP contribution in [0.3, 0.4) is 0 Å². The van der Waals surface area contributed by atoms with Gasteiger partial charge in [0.05, 0.1) is 11.3 Å². The third-order valence-electron chi connectivity index (χ3n) is 1.93. The van der Waals surface area contributed by atoms with Crippen molar-refractivity contribution in [2.45, 2.75) is 19.4 Å². The molecule has 3 heteroatoms. The van der Waals surface area contributed by atoms with Gasteiger partial charge in [-0.15, -0.1) is 12.3 Å². The molecule has 1 atom stereocenters. The number of anilines is 1. The summed E-state index contributed by atoms with van der Waals surface area (Å²) in [5.74, 6) is 2.57. The molecule has 0 aliphatic rings. The SMILES string of the molecule is C#CCC(C)Nc1ccc(Cl)cc1C#N. The molecular weight excluding hydrogens is 208 g/mol. The number of nitrogens with zero attached hydrogens (tertiary/aromatic N) is 1. The zero-order chi connectivity index (χ0) is 11.3. The minimum Gasteiger partial charge on any atom is -0.381 e. The zero-order valence-corrected chi connectivity index (χ0v) is 9.17. The van der Waals surface area contributed by atoms with Crippen LogP contribution in [0.1, 0.15) is 18.9 Å². The van der Waals surface area contributed by atoms with E-state index in [0.29, 0.717) is 17.0 Å². The van der Waals surface area contributed by atoms with Crippen LogP contribution in [0.25, 0.3) is 0 Å². The first-order chi connectivity index (χ1) is 7.17. The molecule has 0 saturated carbocycles. The average molecular weight is 219 g/mol. The highest BCUT2D eigenvalue weighted by Gasteiger charge is 2.05. The van der Waals surface area contributed by atoms with Gasteiger partial charge in [-0.3, -0.25) is 0 Å². The Bertz CT molecular complexity index is 426. The summed E-state index contributed by atoms with van der Waals surface area (Å²) in [6.07, 6.45) is 5.82. The number of benzene rings is 1. The largest absolute Gasteiger partial charge is 0.381 e. The fourth-order valence-corrected chi connectivity index (χ4v) is 1.40. The van der Waals surface area contributed by atoms with Crippen LogP contribution in [0.5, 0.6) is 0 Å². The average Bonchev–Trinajstić information content (AvgIpc) is 2.21. The van der Waals surface area contributed by atoms with E-state index in [-0.39, 0.29) is 6.04 Å². The molecule has 0 saturated heterocycles. The van der Waals surface area contributed by atoms with Gasteiger partial charge in [0.1, 0.15) is 6.07 Å². The Morgan fingerprint density at radius 2 is 2.33 bits per heavy atom. The van der Waals surface area contributed by atoms with Crippen LogP contribution in [0, 0.1) is 23.7 Å². The zero-order valence-electron chi connectivity index (χ0n) is 8.42. The van der Waals surface area contributed by atoms with Crippen molar-refractivity contribution in [1.29, 1.82) is 5.26 Å². The van der Waals surface area contributed by atoms with E-state index in [4.69, 9.17) is 23.3 Å². The first-order valence-corrected chi connectivity index (χ1v) is 4.95. The molecule has 0 aliphatic heterocycles. The number of hydrogen-bond acceptors (Lipinski definition) is 2. The fourth-order valence-electron chi connectivity index (χ4n) is 1.23. The second-order valence-corrected chi connectivity index (χ2v) is 3.69. The van der Waals surface area contributed by atoms with Gasteiger partial charge in [0, 0.05) is 17.5 Å². The summed E-state index contributed by atoms with van der Waals surface area (Å²) in [7, 11) is 0. The standard InChI is InChI=1S/C12H11ClN2/c1-3-4-9(2)15-12-6-5-11(13)7-10(12)8-14/h1,5-7,9,15H,4H2,2H3. The lowest BCUT2D eigenvalue weighted by Gasteiger charge is -2.13. The van der Waals surface area contributed by atoms with Gasteiger partial charge in [0.2, 0.25) is 0 Å². The summed E-state index contributed by atoms with van der Waals surface area (Å²) in [5.41, 5.74) is 1.30. The number of rotatable bonds is 3. The van der Waals surface area contributed by atoms with E-state index in [1.165, 1.54) is 0 Å². The van der Waals surface area contributed by atoms with E-state index >= 15 is 0 Å². The van der Waals surface area contributed by atoms with Crippen LogP contribution < -0.4 is 5.32 Å². The summed E-state index contributed by atoms with van der Waals surface area (Å²) < 4.78 is 0. The maximum Gasteiger partial charge on any atom is 0.101 e. The molecular formula is C12H11ClN2. The normalized spacial score (nSPS) is 11.2. The molecule has 0 amide bonds. The number of halogens is 1. The molecule has 0 aliphatic carbocycles. The second-order valence-electron chi connectivity index (χ2n) is 3.26. The van der Waals surface area contributed by atoms with Crippen molar-refractivity contribution in [2.24, 2.45) is 0 Å². The van der Waals surface area contributed by atoms with Crippen LogP contribution in [-0.4, -0.2) is 6.04 Å². The molecule has 0 spiro atoms. The molecule has 15 heavy (non-hydrogen) atoms. The van der Waals surface area contributed by atoms with Gasteiger partial charge in [-0.05, 0) is 25.1 Å². The Kier molecular flexibility index (Phi) is 4.03. The van der Waals surface area contributed by atoms with Gasteiger partial charge >= 0.3 is 0 Å². The maximum absolute atomic E-state index is 8.90. The van der Waals surface area contributed by atoms with Crippen molar-refractivity contribution in [3.05, 3.63) is 28.8 Å². The first kappa shape index (κ1) is 11.4. The summed E-state index contributed by atoms with van der Waals surface area (Å²) in [6, 6.07) is 7.39. The number of nitrogens with one attached hydrogen (secondary N) is 1. The molecule has 1 aromatic rings. The van der Waals surface area contributed by atoms with E-state index in [9.17, 15) is 0 Å². The molecule has 76 valence electrons.